The van der Waals surface area contributed by atoms with E-state index in [1.54, 1.807) is 11.9 Å². The van der Waals surface area contributed by atoms with Crippen LogP contribution in [-0.2, 0) is 17.6 Å². The Kier molecular flexibility index (Phi) is 3.37. The van der Waals surface area contributed by atoms with E-state index in [-0.39, 0.29) is 12.5 Å². The smallest absolute Gasteiger partial charge is 0.265 e. The Balaban J connectivity index is 1.75. The molecular weight excluding hydrogens is 252 g/mol. The number of carbonyl (C=O) groups excluding carboxylic acids is 1. The Morgan fingerprint density at radius 2 is 1.95 bits per heavy atom. The van der Waals surface area contributed by atoms with E-state index in [9.17, 15) is 4.79 Å². The van der Waals surface area contributed by atoms with Crippen LogP contribution in [0.2, 0.25) is 0 Å². The summed E-state index contributed by atoms with van der Waals surface area (Å²) in [7, 11) is 1.72. The number of pyridine rings is 1. The summed E-state index contributed by atoms with van der Waals surface area (Å²) in [6.45, 7) is 0.0906. The number of carbonyl (C=O) groups is 1. The number of amides is 1. The van der Waals surface area contributed by atoms with Gasteiger partial charge in [0.25, 0.3) is 5.91 Å². The number of ether oxygens (including phenoxy) is 1. The molecule has 0 unspecified atom stereocenters. The number of likely N-dealkylation sites (N-methyl/N-ethyl adjacent to an activating group) is 1. The van der Waals surface area contributed by atoms with E-state index in [0.717, 1.165) is 18.4 Å². The Morgan fingerprint density at radius 3 is 2.75 bits per heavy atom. The van der Waals surface area contributed by atoms with Crippen LogP contribution in [0.25, 0.3) is 0 Å². The van der Waals surface area contributed by atoms with Crippen LogP contribution in [0, 0.1) is 0 Å². The molecule has 1 aromatic carbocycles. The molecule has 20 heavy (non-hydrogen) atoms. The predicted molar refractivity (Wildman–Crippen MR) is 77.0 cm³/mol. The Hall–Kier alpha value is -2.36. The first-order valence-corrected chi connectivity index (χ1v) is 6.66. The Labute approximate surface area is 118 Å². The number of fused-ring (bicyclic) bond motifs is 1. The zero-order valence-corrected chi connectivity index (χ0v) is 11.4. The first-order chi connectivity index (χ1) is 9.74. The molecule has 1 amide bonds. The lowest BCUT2D eigenvalue weighted by molar-refractivity contribution is -0.121. The van der Waals surface area contributed by atoms with Crippen molar-refractivity contribution in [2.45, 2.75) is 12.8 Å². The van der Waals surface area contributed by atoms with Crippen molar-refractivity contribution in [1.82, 2.24) is 4.98 Å². The van der Waals surface area contributed by atoms with E-state index in [4.69, 9.17) is 4.74 Å². The fourth-order valence-corrected chi connectivity index (χ4v) is 2.26. The van der Waals surface area contributed by atoms with Gasteiger partial charge in [0.05, 0.1) is 0 Å². The molecule has 0 bridgehead atoms. The number of hydrogen-bond acceptors (Lipinski definition) is 3. The van der Waals surface area contributed by atoms with Gasteiger partial charge in [-0.2, -0.15) is 0 Å². The highest BCUT2D eigenvalue weighted by Crippen LogP contribution is 2.29. The standard InChI is InChI=1S/C16H16N2O2/c1-18-15(19)11-20-14-9-13(10-17-16(14)18)8-7-12-5-3-2-4-6-12/h2-6,9-10H,7-8,11H2,1H3. The zero-order valence-electron chi connectivity index (χ0n) is 11.4. The van der Waals surface area contributed by atoms with Crippen molar-refractivity contribution in [2.24, 2.45) is 0 Å². The van der Waals surface area contributed by atoms with Gasteiger partial charge in [0, 0.05) is 13.2 Å². The molecule has 4 heteroatoms. The molecule has 3 rings (SSSR count). The number of aromatic nitrogens is 1. The summed E-state index contributed by atoms with van der Waals surface area (Å²) in [4.78, 5) is 17.4. The van der Waals surface area contributed by atoms with Crippen LogP contribution in [0.3, 0.4) is 0 Å². The predicted octanol–water partition coefficient (Wildman–Crippen LogP) is 2.22. The van der Waals surface area contributed by atoms with Crippen molar-refractivity contribution in [3.05, 3.63) is 53.7 Å². The van der Waals surface area contributed by atoms with E-state index < -0.39 is 0 Å². The van der Waals surface area contributed by atoms with Gasteiger partial charge in [-0.05, 0) is 30.0 Å². The van der Waals surface area contributed by atoms with Crippen molar-refractivity contribution in [3.63, 3.8) is 0 Å². The van der Waals surface area contributed by atoms with E-state index in [2.05, 4.69) is 17.1 Å². The van der Waals surface area contributed by atoms with Crippen molar-refractivity contribution in [2.75, 3.05) is 18.6 Å². The third-order valence-corrected chi connectivity index (χ3v) is 3.48. The van der Waals surface area contributed by atoms with Crippen molar-refractivity contribution >= 4 is 11.7 Å². The third kappa shape index (κ3) is 2.50. The molecule has 4 nitrogen and oxygen atoms in total. The molecule has 2 aromatic rings. The molecule has 0 saturated heterocycles. The van der Waals surface area contributed by atoms with Crippen LogP contribution in [0.1, 0.15) is 11.1 Å². The van der Waals surface area contributed by atoms with Crippen molar-refractivity contribution in [3.8, 4) is 5.75 Å². The second-order valence-electron chi connectivity index (χ2n) is 4.89. The van der Waals surface area contributed by atoms with Crippen molar-refractivity contribution < 1.29 is 9.53 Å². The fourth-order valence-electron chi connectivity index (χ4n) is 2.26. The summed E-state index contributed by atoms with van der Waals surface area (Å²) in [5.41, 5.74) is 2.42. The van der Waals surface area contributed by atoms with E-state index in [1.165, 1.54) is 5.56 Å². The van der Waals surface area contributed by atoms with Crippen LogP contribution in [-0.4, -0.2) is 24.5 Å². The molecule has 0 N–H and O–H groups in total. The van der Waals surface area contributed by atoms with Gasteiger partial charge in [0.2, 0.25) is 0 Å². The molecule has 1 aromatic heterocycles. The molecule has 0 spiro atoms. The largest absolute Gasteiger partial charge is 0.480 e. The lowest BCUT2D eigenvalue weighted by Crippen LogP contribution is -2.36. The highest BCUT2D eigenvalue weighted by molar-refractivity contribution is 5.96. The molecule has 1 aliphatic heterocycles. The second kappa shape index (κ2) is 5.33. The van der Waals surface area contributed by atoms with E-state index >= 15 is 0 Å². The lowest BCUT2D eigenvalue weighted by atomic mass is 10.1. The van der Waals surface area contributed by atoms with E-state index in [0.29, 0.717) is 11.6 Å². The summed E-state index contributed by atoms with van der Waals surface area (Å²) in [5, 5.41) is 0. The summed E-state index contributed by atoms with van der Waals surface area (Å²) in [6, 6.07) is 12.3. The van der Waals surface area contributed by atoms with Crippen LogP contribution in [0.5, 0.6) is 5.75 Å². The molecule has 0 aliphatic carbocycles. The summed E-state index contributed by atoms with van der Waals surface area (Å²) >= 11 is 0. The second-order valence-corrected chi connectivity index (χ2v) is 4.89. The fraction of sp³-hybridized carbons (Fsp3) is 0.250. The van der Waals surface area contributed by atoms with Crippen LogP contribution in [0.4, 0.5) is 5.82 Å². The molecule has 0 atom stereocenters. The maximum Gasteiger partial charge on any atom is 0.265 e. The Bertz CT molecular complexity index is 626. The average Bonchev–Trinajstić information content (AvgIpc) is 2.50. The number of hydrogen-bond donors (Lipinski definition) is 0. The first kappa shape index (κ1) is 12.7. The highest BCUT2D eigenvalue weighted by atomic mass is 16.5. The molecule has 1 aliphatic rings. The van der Waals surface area contributed by atoms with Gasteiger partial charge in [-0.3, -0.25) is 9.69 Å². The van der Waals surface area contributed by atoms with Gasteiger partial charge in [0.15, 0.2) is 18.2 Å². The lowest BCUT2D eigenvalue weighted by Gasteiger charge is -2.24. The summed E-state index contributed by atoms with van der Waals surface area (Å²) < 4.78 is 5.45. The average molecular weight is 268 g/mol. The number of benzene rings is 1. The zero-order chi connectivity index (χ0) is 13.9. The number of aryl methyl sites for hydroxylation is 2. The van der Waals surface area contributed by atoms with Crippen LogP contribution >= 0.6 is 0 Å². The van der Waals surface area contributed by atoms with Crippen molar-refractivity contribution in [1.29, 1.82) is 0 Å². The van der Waals surface area contributed by atoms with Crippen LogP contribution in [0.15, 0.2) is 42.6 Å². The maximum atomic E-state index is 11.5. The number of rotatable bonds is 3. The topological polar surface area (TPSA) is 42.4 Å². The molecular formula is C16H16N2O2. The van der Waals surface area contributed by atoms with Gasteiger partial charge in [-0.15, -0.1) is 0 Å². The summed E-state index contributed by atoms with van der Waals surface area (Å²) in [5.74, 6) is 1.23. The van der Waals surface area contributed by atoms with Gasteiger partial charge < -0.3 is 4.74 Å². The van der Waals surface area contributed by atoms with Crippen LogP contribution < -0.4 is 9.64 Å². The number of nitrogens with zero attached hydrogens (tertiary/aromatic N) is 2. The monoisotopic (exact) mass is 268 g/mol. The van der Waals surface area contributed by atoms with Gasteiger partial charge in [-0.1, -0.05) is 30.3 Å². The molecule has 0 saturated carbocycles. The van der Waals surface area contributed by atoms with E-state index in [1.807, 2.05) is 30.5 Å². The molecule has 0 radical (unpaired) electrons. The minimum Gasteiger partial charge on any atom is -0.480 e. The molecule has 102 valence electrons. The van der Waals surface area contributed by atoms with Gasteiger partial charge >= 0.3 is 0 Å². The molecule has 2 heterocycles. The quantitative estimate of drug-likeness (QED) is 0.857. The minimum atomic E-state index is -0.0676. The van der Waals surface area contributed by atoms with Gasteiger partial charge in [0.1, 0.15) is 0 Å². The highest BCUT2D eigenvalue weighted by Gasteiger charge is 2.23. The first-order valence-electron chi connectivity index (χ1n) is 6.66. The summed E-state index contributed by atoms with van der Waals surface area (Å²) in [6.07, 6.45) is 3.70. The SMILES string of the molecule is CN1C(=O)COc2cc(CCc3ccccc3)cnc21. The Morgan fingerprint density at radius 1 is 1.20 bits per heavy atom. The molecule has 0 fully saturated rings. The third-order valence-electron chi connectivity index (χ3n) is 3.48. The maximum absolute atomic E-state index is 11.5. The van der Waals surface area contributed by atoms with Gasteiger partial charge in [-0.25, -0.2) is 4.98 Å². The normalized spacial score (nSPS) is 13.8. The number of anilines is 1. The minimum absolute atomic E-state index is 0.0676.